The molecular formula is C7H13NO3. The molecule has 1 rings (SSSR count). The Kier molecular flexibility index (Phi) is 2.62. The third-order valence-electron chi connectivity index (χ3n) is 1.69. The Balaban J connectivity index is 2.57. The van der Waals surface area contributed by atoms with E-state index in [0.717, 1.165) is 0 Å². The Bertz CT molecular complexity index is 154. The predicted molar refractivity (Wildman–Crippen MR) is 39.8 cm³/mol. The third kappa shape index (κ3) is 1.59. The van der Waals surface area contributed by atoms with Gasteiger partial charge in [0.05, 0.1) is 6.54 Å². The molecule has 0 unspecified atom stereocenters. The Morgan fingerprint density at radius 2 is 2.36 bits per heavy atom. The summed E-state index contributed by atoms with van der Waals surface area (Å²) >= 11 is 0. The number of rotatable bonds is 3. The van der Waals surface area contributed by atoms with E-state index < -0.39 is 5.79 Å². The van der Waals surface area contributed by atoms with Crippen molar-refractivity contribution in [1.82, 2.24) is 0 Å². The lowest BCUT2D eigenvalue weighted by atomic mass is 10.3. The second kappa shape index (κ2) is 3.32. The minimum Gasteiger partial charge on any atom is -0.352 e. The molecule has 0 radical (unpaired) electrons. The molecule has 0 aliphatic carbocycles. The number of hydrogen-bond acceptors (Lipinski definition) is 4. The van der Waals surface area contributed by atoms with E-state index in [1.807, 2.05) is 0 Å². The molecule has 0 fully saturated rings. The lowest BCUT2D eigenvalue weighted by molar-refractivity contribution is -0.236. The number of nitrogens with two attached hydrogens (primary N) is 1. The molecule has 1 aliphatic rings. The van der Waals surface area contributed by atoms with Gasteiger partial charge in [-0.2, -0.15) is 0 Å². The first kappa shape index (κ1) is 8.67. The van der Waals surface area contributed by atoms with Crippen LogP contribution in [0.1, 0.15) is 0 Å². The van der Waals surface area contributed by atoms with Crippen LogP contribution in [0.3, 0.4) is 0 Å². The molecule has 4 nitrogen and oxygen atoms in total. The molecular weight excluding hydrogens is 146 g/mol. The fourth-order valence-corrected chi connectivity index (χ4v) is 0.943. The van der Waals surface area contributed by atoms with Gasteiger partial charge in [-0.25, -0.2) is 0 Å². The van der Waals surface area contributed by atoms with Gasteiger partial charge < -0.3 is 19.9 Å². The van der Waals surface area contributed by atoms with Crippen molar-refractivity contribution < 1.29 is 14.2 Å². The van der Waals surface area contributed by atoms with E-state index >= 15 is 0 Å². The lowest BCUT2D eigenvalue weighted by Crippen LogP contribution is -2.40. The zero-order valence-electron chi connectivity index (χ0n) is 6.74. The summed E-state index contributed by atoms with van der Waals surface area (Å²) in [5.74, 6) is -0.777. The first-order chi connectivity index (χ1) is 5.26. The van der Waals surface area contributed by atoms with Crippen LogP contribution in [0, 0.1) is 0 Å². The second-order valence-electron chi connectivity index (χ2n) is 2.30. The average molecular weight is 159 g/mol. The number of ether oxygens (including phenoxy) is 3. The van der Waals surface area contributed by atoms with Crippen molar-refractivity contribution in [3.63, 3.8) is 0 Å². The molecule has 11 heavy (non-hydrogen) atoms. The van der Waals surface area contributed by atoms with Gasteiger partial charge in [-0.15, -0.1) is 0 Å². The van der Waals surface area contributed by atoms with E-state index in [4.69, 9.17) is 19.9 Å². The molecule has 2 N–H and O–H groups in total. The molecule has 64 valence electrons. The van der Waals surface area contributed by atoms with Crippen molar-refractivity contribution in [1.29, 1.82) is 0 Å². The van der Waals surface area contributed by atoms with Gasteiger partial charge in [-0.1, -0.05) is 0 Å². The van der Waals surface area contributed by atoms with E-state index in [0.29, 0.717) is 6.54 Å². The van der Waals surface area contributed by atoms with Gasteiger partial charge in [0.2, 0.25) is 5.79 Å². The highest BCUT2D eigenvalue weighted by molar-refractivity contribution is 5.05. The molecule has 0 aromatic rings. The topological polar surface area (TPSA) is 53.7 Å². The number of hydrogen-bond donors (Lipinski definition) is 1. The van der Waals surface area contributed by atoms with E-state index in [1.54, 1.807) is 26.4 Å². The van der Waals surface area contributed by atoms with Crippen LogP contribution < -0.4 is 5.73 Å². The molecule has 0 bridgehead atoms. The van der Waals surface area contributed by atoms with Gasteiger partial charge in [0.1, 0.15) is 0 Å². The van der Waals surface area contributed by atoms with E-state index in [2.05, 4.69) is 0 Å². The van der Waals surface area contributed by atoms with E-state index in [9.17, 15) is 0 Å². The van der Waals surface area contributed by atoms with Crippen LogP contribution in [-0.4, -0.2) is 32.8 Å². The van der Waals surface area contributed by atoms with Gasteiger partial charge in [0.25, 0.3) is 0 Å². The molecule has 0 aromatic carbocycles. The Labute approximate surface area is 65.9 Å². The normalized spacial score (nSPS) is 36.5. The van der Waals surface area contributed by atoms with Crippen LogP contribution >= 0.6 is 0 Å². The van der Waals surface area contributed by atoms with E-state index in [1.165, 1.54) is 0 Å². The molecule has 0 saturated heterocycles. The largest absolute Gasteiger partial charge is 0.352 e. The highest BCUT2D eigenvalue weighted by Gasteiger charge is 2.34. The van der Waals surface area contributed by atoms with Crippen molar-refractivity contribution in [3.8, 4) is 0 Å². The summed E-state index contributed by atoms with van der Waals surface area (Å²) in [6, 6.07) is 0. The first-order valence-corrected chi connectivity index (χ1v) is 3.41. The van der Waals surface area contributed by atoms with Crippen LogP contribution in [0.4, 0.5) is 0 Å². The molecule has 0 saturated carbocycles. The average Bonchev–Trinajstić information content (AvgIpc) is 2.49. The minimum atomic E-state index is -0.777. The van der Waals surface area contributed by atoms with Crippen molar-refractivity contribution in [2.45, 2.75) is 12.1 Å². The van der Waals surface area contributed by atoms with Crippen LogP contribution in [-0.2, 0) is 14.2 Å². The zero-order valence-corrected chi connectivity index (χ0v) is 6.74. The van der Waals surface area contributed by atoms with Crippen LogP contribution in [0.5, 0.6) is 0 Å². The fourth-order valence-electron chi connectivity index (χ4n) is 0.943. The third-order valence-corrected chi connectivity index (χ3v) is 1.69. The Hall–Kier alpha value is -0.420. The smallest absolute Gasteiger partial charge is 0.203 e. The van der Waals surface area contributed by atoms with Crippen LogP contribution in [0.15, 0.2) is 12.2 Å². The summed E-state index contributed by atoms with van der Waals surface area (Å²) in [4.78, 5) is 0. The molecule has 1 aliphatic heterocycles. The molecule has 2 atom stereocenters. The van der Waals surface area contributed by atoms with Crippen molar-refractivity contribution in [3.05, 3.63) is 12.2 Å². The van der Waals surface area contributed by atoms with Gasteiger partial charge >= 0.3 is 0 Å². The molecule has 0 amide bonds. The molecule has 1 heterocycles. The van der Waals surface area contributed by atoms with Crippen molar-refractivity contribution >= 4 is 0 Å². The maximum Gasteiger partial charge on any atom is 0.203 e. The summed E-state index contributed by atoms with van der Waals surface area (Å²) in [5.41, 5.74) is 5.44. The number of methoxy groups -OCH3 is 2. The van der Waals surface area contributed by atoms with Gasteiger partial charge in [0.15, 0.2) is 6.29 Å². The lowest BCUT2D eigenvalue weighted by Gasteiger charge is -2.24. The van der Waals surface area contributed by atoms with Crippen molar-refractivity contribution in [2.75, 3.05) is 20.8 Å². The van der Waals surface area contributed by atoms with Crippen molar-refractivity contribution in [2.24, 2.45) is 5.73 Å². The molecule has 0 spiro atoms. The second-order valence-corrected chi connectivity index (χ2v) is 2.30. The highest BCUT2D eigenvalue weighted by Crippen LogP contribution is 2.22. The zero-order chi connectivity index (χ0) is 8.32. The summed E-state index contributed by atoms with van der Waals surface area (Å²) in [7, 11) is 3.12. The Morgan fingerprint density at radius 3 is 2.64 bits per heavy atom. The summed E-state index contributed by atoms with van der Waals surface area (Å²) in [5, 5.41) is 0. The fraction of sp³-hybridized carbons (Fsp3) is 0.714. The van der Waals surface area contributed by atoms with Crippen LogP contribution in [0.25, 0.3) is 0 Å². The van der Waals surface area contributed by atoms with Gasteiger partial charge in [-0.3, -0.25) is 0 Å². The summed E-state index contributed by atoms with van der Waals surface area (Å²) in [6.07, 6.45) is 3.20. The standard InChI is InChI=1S/C7H13NO3/c1-9-6-3-4-7(5-8,10-2)11-6/h3-4,6H,5,8H2,1-2H3/t6-,7-/m0/s1. The Morgan fingerprint density at radius 1 is 1.64 bits per heavy atom. The van der Waals surface area contributed by atoms with Gasteiger partial charge in [0, 0.05) is 14.2 Å². The molecule has 0 aromatic heterocycles. The van der Waals surface area contributed by atoms with Crippen LogP contribution in [0.2, 0.25) is 0 Å². The maximum absolute atomic E-state index is 5.44. The molecule has 4 heteroatoms. The first-order valence-electron chi connectivity index (χ1n) is 3.41. The summed E-state index contributed by atoms with van der Waals surface area (Å²) in [6.45, 7) is 0.292. The quantitative estimate of drug-likeness (QED) is 0.582. The highest BCUT2D eigenvalue weighted by atomic mass is 16.8. The van der Waals surface area contributed by atoms with E-state index in [-0.39, 0.29) is 6.29 Å². The predicted octanol–water partition coefficient (Wildman–Crippen LogP) is -0.153. The minimum absolute atomic E-state index is 0.292. The monoisotopic (exact) mass is 159 g/mol. The van der Waals surface area contributed by atoms with Gasteiger partial charge in [-0.05, 0) is 12.2 Å². The maximum atomic E-state index is 5.44. The summed E-state index contributed by atoms with van der Waals surface area (Å²) < 4.78 is 15.3. The SMILES string of the molecule is CO[C@@H]1C=C[C@](CN)(OC)O1.